The first-order chi connectivity index (χ1) is 4.00. The fourth-order valence-corrected chi connectivity index (χ4v) is 0. The summed E-state index contributed by atoms with van der Waals surface area (Å²) in [5.41, 5.74) is 0. The Balaban J connectivity index is -0.0000000133. The molecule has 0 aliphatic heterocycles. The van der Waals surface area contributed by atoms with Crippen molar-refractivity contribution in [2.24, 2.45) is 0 Å². The van der Waals surface area contributed by atoms with E-state index >= 15 is 0 Å². The van der Waals surface area contributed by atoms with Crippen molar-refractivity contribution < 1.29 is 34.7 Å². The van der Waals surface area contributed by atoms with Gasteiger partial charge in [0.25, 0.3) is 0 Å². The average molecular weight is 176 g/mol. The standard InChI is InChI=1S/3CH3O.ClH.Ti/c3*1-2;;/h3*1H3;1H;/q3*-1;;+4/p-1. The van der Waals surface area contributed by atoms with Gasteiger partial charge in [0.05, 0.1) is 0 Å². The maximum absolute atomic E-state index is 8.25. The van der Waals surface area contributed by atoms with Crippen LogP contribution in [-0.2, 0) is 19.4 Å². The molecule has 0 unspecified atom stereocenters. The summed E-state index contributed by atoms with van der Waals surface area (Å²) in [7, 11) is 6.89. The number of hydrogen-bond donors (Lipinski definition) is 0. The molecule has 0 bridgehead atoms. The van der Waals surface area contributed by atoms with Gasteiger partial charge in [-0.25, -0.2) is 0 Å². The van der Waals surface area contributed by atoms with Crippen LogP contribution in [0, 0.1) is 0 Å². The molecule has 5 heteroatoms. The maximum atomic E-state index is 8.25. The Labute approximate surface area is 65.6 Å². The topological polar surface area (TPSA) is 69.2 Å². The van der Waals surface area contributed by atoms with Crippen molar-refractivity contribution in [2.45, 2.75) is 0 Å². The van der Waals surface area contributed by atoms with Crippen molar-refractivity contribution in [3.63, 3.8) is 0 Å². The van der Waals surface area contributed by atoms with Gasteiger partial charge in [0, 0.05) is 0 Å². The van der Waals surface area contributed by atoms with Crippen molar-refractivity contribution in [3.8, 4) is 0 Å². The van der Waals surface area contributed by atoms with Gasteiger partial charge in [-0.2, -0.15) is 21.3 Å². The number of halogens is 1. The van der Waals surface area contributed by atoms with Crippen molar-refractivity contribution in [2.75, 3.05) is 21.3 Å². The van der Waals surface area contributed by atoms with Crippen molar-refractivity contribution in [1.82, 2.24) is 0 Å². The molecule has 0 amide bonds. The van der Waals surface area contributed by atoms with Crippen LogP contribution in [0.15, 0.2) is 0 Å². The van der Waals surface area contributed by atoms with Gasteiger partial charge < -0.3 is 15.3 Å². The summed E-state index contributed by atoms with van der Waals surface area (Å²) in [6, 6.07) is 0. The molecule has 3 nitrogen and oxygen atoms in total. The van der Waals surface area contributed by atoms with Gasteiger partial charge in [0.2, 0.25) is 0 Å². The summed E-state index contributed by atoms with van der Waals surface area (Å²) >= 11 is 1.47. The Bertz CT molecular complexity index is 14.5. The summed E-state index contributed by atoms with van der Waals surface area (Å²) < 4.78 is 0. The van der Waals surface area contributed by atoms with Crippen molar-refractivity contribution in [1.29, 1.82) is 0 Å². The van der Waals surface area contributed by atoms with E-state index in [1.54, 1.807) is 0 Å². The van der Waals surface area contributed by atoms with Gasteiger partial charge in [-0.05, 0) is 0 Å². The Kier molecular flexibility index (Phi) is 1380. The third kappa shape index (κ3) is 305. The molecule has 0 aromatic heterocycles. The monoisotopic (exact) mass is 176 g/mol. The molecule has 0 aromatic carbocycles. The molecule has 8 heavy (non-hydrogen) atoms. The molecule has 0 saturated heterocycles. The first kappa shape index (κ1) is 23.1. The van der Waals surface area contributed by atoms with E-state index in [0.29, 0.717) is 0 Å². The van der Waals surface area contributed by atoms with E-state index in [-0.39, 0.29) is 0 Å². The summed E-state index contributed by atoms with van der Waals surface area (Å²) in [5, 5.41) is 24.8. The Morgan fingerprint density at radius 3 is 0.750 bits per heavy atom. The van der Waals surface area contributed by atoms with Crippen molar-refractivity contribution >= 4 is 9.30 Å². The quantitative estimate of drug-likeness (QED) is 0.387. The van der Waals surface area contributed by atoms with Crippen LogP contribution in [-0.4, -0.2) is 21.3 Å². The Hall–Kier alpha value is 0.884. The zero-order valence-corrected chi connectivity index (χ0v) is 7.42. The summed E-state index contributed by atoms with van der Waals surface area (Å²) in [5.74, 6) is 0. The van der Waals surface area contributed by atoms with E-state index in [0.717, 1.165) is 21.3 Å². The zero-order chi connectivity index (χ0) is 8.00. The van der Waals surface area contributed by atoms with Crippen LogP contribution in [0.5, 0.6) is 0 Å². The number of hydrogen-bond acceptors (Lipinski definition) is 3. The first-order valence-electron chi connectivity index (χ1n) is 1.41. The molecule has 0 fully saturated rings. The van der Waals surface area contributed by atoms with E-state index in [1.807, 2.05) is 0 Å². The molecule has 0 radical (unpaired) electrons. The van der Waals surface area contributed by atoms with Gasteiger partial charge in [-0.15, -0.1) is 0 Å². The molecule has 0 atom stereocenters. The normalized spacial score (nSPS) is 3.12. The van der Waals surface area contributed by atoms with E-state index in [1.165, 1.54) is 19.4 Å². The summed E-state index contributed by atoms with van der Waals surface area (Å²) in [6.45, 7) is 0. The molecule has 0 aliphatic rings. The van der Waals surface area contributed by atoms with Gasteiger partial charge in [-0.1, -0.05) is 0 Å². The van der Waals surface area contributed by atoms with Crippen LogP contribution < -0.4 is 15.3 Å². The zero-order valence-electron chi connectivity index (χ0n) is 5.10. The minimum absolute atomic E-state index is 0.750. The van der Waals surface area contributed by atoms with Crippen molar-refractivity contribution in [3.05, 3.63) is 0 Å². The van der Waals surface area contributed by atoms with Crippen LogP contribution >= 0.6 is 9.30 Å². The Morgan fingerprint density at radius 1 is 0.750 bits per heavy atom. The second-order valence-corrected chi connectivity index (χ2v) is 0. The molecular formula is C3H9ClO3Ti. The van der Waals surface area contributed by atoms with E-state index in [4.69, 9.17) is 15.3 Å². The molecule has 0 aliphatic carbocycles. The fourth-order valence-electron chi connectivity index (χ4n) is 0. The third-order valence-electron chi connectivity index (χ3n) is 0. The van der Waals surface area contributed by atoms with E-state index < -0.39 is 0 Å². The summed E-state index contributed by atoms with van der Waals surface area (Å²) in [6.07, 6.45) is 0. The molecule has 0 heterocycles. The minimum atomic E-state index is 0.750. The first-order valence-corrected chi connectivity index (χ1v) is 3.56. The van der Waals surface area contributed by atoms with E-state index in [9.17, 15) is 0 Å². The second kappa shape index (κ2) is 478. The molecule has 50 valence electrons. The van der Waals surface area contributed by atoms with Gasteiger partial charge in [0.1, 0.15) is 0 Å². The van der Waals surface area contributed by atoms with Gasteiger partial charge >= 0.3 is 28.7 Å². The van der Waals surface area contributed by atoms with Crippen LogP contribution in [0.3, 0.4) is 0 Å². The van der Waals surface area contributed by atoms with Crippen LogP contribution in [0.25, 0.3) is 0 Å². The average Bonchev–Trinajstić information content (AvgIpc) is 2.03. The molecule has 0 N–H and O–H groups in total. The van der Waals surface area contributed by atoms with Crippen LogP contribution in [0.4, 0.5) is 0 Å². The SMILES string of the molecule is C[O-].C[O-].C[O-].[Cl][Ti+3]. The molecule has 0 aromatic rings. The molecule has 0 rings (SSSR count). The van der Waals surface area contributed by atoms with Crippen LogP contribution in [0.1, 0.15) is 0 Å². The van der Waals surface area contributed by atoms with E-state index in [2.05, 4.69) is 9.30 Å². The molecule has 0 spiro atoms. The molecular weight excluding hydrogens is 167 g/mol. The second-order valence-electron chi connectivity index (χ2n) is 0. The van der Waals surface area contributed by atoms with Gasteiger partial charge in [-0.3, -0.25) is 0 Å². The van der Waals surface area contributed by atoms with Gasteiger partial charge in [0.15, 0.2) is 0 Å². The fraction of sp³-hybridized carbons (Fsp3) is 1.00. The summed E-state index contributed by atoms with van der Waals surface area (Å²) in [4.78, 5) is 0. The third-order valence-corrected chi connectivity index (χ3v) is 0. The number of rotatable bonds is 0. The Morgan fingerprint density at radius 2 is 0.750 bits per heavy atom. The van der Waals surface area contributed by atoms with Crippen LogP contribution in [0.2, 0.25) is 0 Å². The predicted octanol–water partition coefficient (Wildman–Crippen LogP) is -2.38. The molecule has 0 saturated carbocycles. The predicted molar refractivity (Wildman–Crippen MR) is 23.6 cm³/mol.